The summed E-state index contributed by atoms with van der Waals surface area (Å²) in [4.78, 5) is 24.3. The molecule has 1 aliphatic rings. The number of carbonyl (C=O) groups excluding carboxylic acids is 2. The van der Waals surface area contributed by atoms with Gasteiger partial charge in [0.25, 0.3) is 0 Å². The highest BCUT2D eigenvalue weighted by Crippen LogP contribution is 2.30. The monoisotopic (exact) mass is 419 g/mol. The van der Waals surface area contributed by atoms with Gasteiger partial charge in [0.2, 0.25) is 5.13 Å². The Labute approximate surface area is 171 Å². The van der Waals surface area contributed by atoms with Crippen LogP contribution in [0.15, 0.2) is 45.9 Å². The third-order valence-electron chi connectivity index (χ3n) is 3.92. The van der Waals surface area contributed by atoms with E-state index in [0.717, 1.165) is 10.0 Å². The molecular weight excluding hydrogens is 398 g/mol. The predicted molar refractivity (Wildman–Crippen MR) is 110 cm³/mol. The lowest BCUT2D eigenvalue weighted by Gasteiger charge is -2.28. The molecule has 3 N–H and O–H groups in total. The minimum Gasteiger partial charge on any atom is -0.463 e. The van der Waals surface area contributed by atoms with Crippen molar-refractivity contribution in [1.29, 1.82) is 0 Å². The van der Waals surface area contributed by atoms with Crippen molar-refractivity contribution in [3.63, 3.8) is 0 Å². The lowest BCUT2D eigenvalue weighted by molar-refractivity contribution is -0.139. The summed E-state index contributed by atoms with van der Waals surface area (Å²) >= 11 is 2.81. The molecule has 0 fully saturated rings. The second kappa shape index (κ2) is 9.56. The molecule has 2 heterocycles. The number of thioether (sulfide) groups is 1. The molecule has 0 radical (unpaired) electrons. The molecule has 28 heavy (non-hydrogen) atoms. The van der Waals surface area contributed by atoms with E-state index in [2.05, 4.69) is 26.1 Å². The number of para-hydroxylation sites is 1. The van der Waals surface area contributed by atoms with Crippen molar-refractivity contribution in [3.8, 4) is 0 Å². The van der Waals surface area contributed by atoms with Gasteiger partial charge in [0, 0.05) is 17.1 Å². The van der Waals surface area contributed by atoms with Gasteiger partial charge in [0.15, 0.2) is 4.34 Å². The molecule has 0 bridgehead atoms. The van der Waals surface area contributed by atoms with Crippen LogP contribution < -0.4 is 16.0 Å². The summed E-state index contributed by atoms with van der Waals surface area (Å²) in [6.45, 7) is 3.94. The Morgan fingerprint density at radius 3 is 2.79 bits per heavy atom. The summed E-state index contributed by atoms with van der Waals surface area (Å²) in [5.74, 6) is -0.0287. The number of nitrogens with one attached hydrogen (secondary N) is 3. The van der Waals surface area contributed by atoms with Crippen LogP contribution in [0.5, 0.6) is 0 Å². The van der Waals surface area contributed by atoms with Gasteiger partial charge < -0.3 is 20.7 Å². The smallest absolute Gasteiger partial charge is 0.337 e. The SMILES string of the molecule is CCOC(=O)C1=C(CSc2nnc(Nc3ccccc3)s2)NC(=O)N[C@H]1CC. The Hall–Kier alpha value is -2.59. The van der Waals surface area contributed by atoms with E-state index in [1.165, 1.54) is 23.1 Å². The molecule has 1 aliphatic heterocycles. The average Bonchev–Trinajstić information content (AvgIpc) is 3.14. The van der Waals surface area contributed by atoms with Gasteiger partial charge in [-0.15, -0.1) is 10.2 Å². The van der Waals surface area contributed by atoms with Crippen LogP contribution in [0, 0.1) is 0 Å². The Kier molecular flexibility index (Phi) is 6.88. The van der Waals surface area contributed by atoms with Crippen molar-refractivity contribution < 1.29 is 14.3 Å². The van der Waals surface area contributed by atoms with E-state index >= 15 is 0 Å². The Balaban J connectivity index is 1.72. The number of esters is 1. The van der Waals surface area contributed by atoms with E-state index in [9.17, 15) is 9.59 Å². The molecule has 0 spiro atoms. The number of amides is 2. The van der Waals surface area contributed by atoms with Crippen molar-refractivity contribution in [1.82, 2.24) is 20.8 Å². The van der Waals surface area contributed by atoms with Gasteiger partial charge >= 0.3 is 12.0 Å². The third kappa shape index (κ3) is 5.02. The third-order valence-corrected chi connectivity index (χ3v) is 5.92. The molecule has 2 amide bonds. The maximum atomic E-state index is 12.4. The van der Waals surface area contributed by atoms with Crippen molar-refractivity contribution >= 4 is 45.9 Å². The van der Waals surface area contributed by atoms with Crippen molar-refractivity contribution in [3.05, 3.63) is 41.6 Å². The number of urea groups is 1. The van der Waals surface area contributed by atoms with Gasteiger partial charge in [0.05, 0.1) is 18.2 Å². The van der Waals surface area contributed by atoms with Gasteiger partial charge in [-0.25, -0.2) is 9.59 Å². The van der Waals surface area contributed by atoms with E-state index < -0.39 is 5.97 Å². The Bertz CT molecular complexity index is 869. The maximum Gasteiger partial charge on any atom is 0.337 e. The summed E-state index contributed by atoms with van der Waals surface area (Å²) in [6.07, 6.45) is 0.597. The second-order valence-electron chi connectivity index (χ2n) is 5.82. The summed E-state index contributed by atoms with van der Waals surface area (Å²) in [7, 11) is 0. The van der Waals surface area contributed by atoms with Crippen molar-refractivity contribution in [2.24, 2.45) is 0 Å². The molecule has 10 heteroatoms. The van der Waals surface area contributed by atoms with E-state index in [1.807, 2.05) is 37.3 Å². The molecule has 8 nitrogen and oxygen atoms in total. The number of carbonyl (C=O) groups is 2. The highest BCUT2D eigenvalue weighted by Gasteiger charge is 2.31. The number of nitrogens with zero attached hydrogens (tertiary/aromatic N) is 2. The fraction of sp³-hybridized carbons (Fsp3) is 0.333. The predicted octanol–water partition coefficient (Wildman–Crippen LogP) is 3.28. The molecule has 1 aromatic heterocycles. The van der Waals surface area contributed by atoms with Crippen molar-refractivity contribution in [2.45, 2.75) is 30.6 Å². The summed E-state index contributed by atoms with van der Waals surface area (Å²) in [5.41, 5.74) is 1.94. The number of ether oxygens (including phenoxy) is 1. The van der Waals surface area contributed by atoms with Crippen LogP contribution in [0.1, 0.15) is 20.3 Å². The summed E-state index contributed by atoms with van der Waals surface area (Å²) in [5, 5.41) is 17.7. The molecule has 148 valence electrons. The molecule has 3 rings (SSSR count). The van der Waals surface area contributed by atoms with E-state index in [-0.39, 0.29) is 18.7 Å². The molecular formula is C18H21N5O3S2. The van der Waals surface area contributed by atoms with Crippen LogP contribution in [0.3, 0.4) is 0 Å². The number of aromatic nitrogens is 2. The molecule has 0 aliphatic carbocycles. The standard InChI is InChI=1S/C18H21N5O3S2/c1-3-12-14(15(24)26-4-2)13(21-16(25)20-12)10-27-18-23-22-17(28-18)19-11-8-6-5-7-9-11/h5-9,12H,3-4,10H2,1-2H3,(H,19,22)(H2,20,21,25)/t12-/m0/s1. The van der Waals surface area contributed by atoms with Crippen LogP contribution >= 0.6 is 23.1 Å². The number of hydrogen-bond donors (Lipinski definition) is 3. The van der Waals surface area contributed by atoms with Gasteiger partial charge in [-0.2, -0.15) is 0 Å². The highest BCUT2D eigenvalue weighted by molar-refractivity contribution is 8.01. The normalized spacial score (nSPS) is 16.4. The van der Waals surface area contributed by atoms with Crippen LogP contribution in [0.2, 0.25) is 0 Å². The first-order chi connectivity index (χ1) is 13.6. The van der Waals surface area contributed by atoms with E-state index in [1.54, 1.807) is 6.92 Å². The van der Waals surface area contributed by atoms with Gasteiger partial charge in [-0.05, 0) is 25.5 Å². The number of benzene rings is 1. The average molecular weight is 420 g/mol. The van der Waals surface area contributed by atoms with E-state index in [4.69, 9.17) is 4.74 Å². The summed E-state index contributed by atoms with van der Waals surface area (Å²) < 4.78 is 5.90. The zero-order chi connectivity index (χ0) is 19.9. The Morgan fingerprint density at radius 1 is 1.29 bits per heavy atom. The minimum atomic E-state index is -0.416. The molecule has 2 aromatic rings. The molecule has 1 atom stereocenters. The first kappa shape index (κ1) is 20.2. The van der Waals surface area contributed by atoms with Crippen LogP contribution in [-0.4, -0.2) is 40.6 Å². The largest absolute Gasteiger partial charge is 0.463 e. The maximum absolute atomic E-state index is 12.4. The van der Waals surface area contributed by atoms with Crippen LogP contribution in [0.4, 0.5) is 15.6 Å². The quantitative estimate of drug-likeness (QED) is 0.445. The van der Waals surface area contributed by atoms with Gasteiger partial charge in [0.1, 0.15) is 0 Å². The Morgan fingerprint density at radius 2 is 2.07 bits per heavy atom. The van der Waals surface area contributed by atoms with Crippen LogP contribution in [0.25, 0.3) is 0 Å². The van der Waals surface area contributed by atoms with Crippen LogP contribution in [-0.2, 0) is 9.53 Å². The number of hydrogen-bond acceptors (Lipinski definition) is 8. The lowest BCUT2D eigenvalue weighted by atomic mass is 10.0. The minimum absolute atomic E-state index is 0.276. The van der Waals surface area contributed by atoms with Gasteiger partial charge in [-0.3, -0.25) is 0 Å². The number of anilines is 2. The first-order valence-electron chi connectivity index (χ1n) is 8.86. The lowest BCUT2D eigenvalue weighted by Crippen LogP contribution is -2.50. The first-order valence-corrected chi connectivity index (χ1v) is 10.7. The van der Waals surface area contributed by atoms with Crippen molar-refractivity contribution in [2.75, 3.05) is 17.7 Å². The second-order valence-corrected chi connectivity index (χ2v) is 8.02. The fourth-order valence-electron chi connectivity index (χ4n) is 2.67. The molecule has 1 aromatic carbocycles. The molecule has 0 saturated heterocycles. The zero-order valence-corrected chi connectivity index (χ0v) is 17.2. The highest BCUT2D eigenvalue weighted by atomic mass is 32.2. The van der Waals surface area contributed by atoms with Gasteiger partial charge in [-0.1, -0.05) is 48.2 Å². The van der Waals surface area contributed by atoms with E-state index in [0.29, 0.717) is 28.6 Å². The summed E-state index contributed by atoms with van der Waals surface area (Å²) in [6, 6.07) is 9.02. The zero-order valence-electron chi connectivity index (χ0n) is 15.5. The topological polar surface area (TPSA) is 105 Å². The molecule has 0 unspecified atom stereocenters. The number of rotatable bonds is 8. The molecule has 0 saturated carbocycles. The fourth-order valence-corrected chi connectivity index (χ4v) is 4.41.